The standard InChI is InChI=1S/C9H10N2/c1-6-7-4-2-3-5-8(7)11-9(6)10/h2-6H,1H3,(H2,10,11). The van der Waals surface area contributed by atoms with Crippen molar-refractivity contribution in [1.82, 2.24) is 0 Å². The second kappa shape index (κ2) is 2.09. The van der Waals surface area contributed by atoms with Crippen LogP contribution in [0.1, 0.15) is 18.4 Å². The third-order valence-corrected chi connectivity index (χ3v) is 2.10. The van der Waals surface area contributed by atoms with E-state index in [4.69, 9.17) is 5.73 Å². The molecule has 0 radical (unpaired) electrons. The highest BCUT2D eigenvalue weighted by molar-refractivity contribution is 5.94. The minimum absolute atomic E-state index is 0.297. The predicted octanol–water partition coefficient (Wildman–Crippen LogP) is 1.79. The van der Waals surface area contributed by atoms with Crippen LogP contribution in [-0.4, -0.2) is 5.84 Å². The number of hydrogen-bond donors (Lipinski definition) is 1. The highest BCUT2D eigenvalue weighted by Crippen LogP contribution is 2.32. The van der Waals surface area contributed by atoms with Gasteiger partial charge in [-0.25, -0.2) is 4.99 Å². The monoisotopic (exact) mass is 146 g/mol. The van der Waals surface area contributed by atoms with Gasteiger partial charge in [0.25, 0.3) is 0 Å². The van der Waals surface area contributed by atoms with Gasteiger partial charge < -0.3 is 5.73 Å². The summed E-state index contributed by atoms with van der Waals surface area (Å²) in [6.07, 6.45) is 0. The van der Waals surface area contributed by atoms with Gasteiger partial charge in [0.1, 0.15) is 5.84 Å². The first-order valence-electron chi connectivity index (χ1n) is 3.72. The number of hydrogen-bond acceptors (Lipinski definition) is 2. The van der Waals surface area contributed by atoms with Crippen LogP contribution in [0.15, 0.2) is 29.3 Å². The van der Waals surface area contributed by atoms with Crippen molar-refractivity contribution >= 4 is 11.5 Å². The predicted molar refractivity (Wildman–Crippen MR) is 46.1 cm³/mol. The number of benzene rings is 1. The first kappa shape index (κ1) is 6.40. The zero-order chi connectivity index (χ0) is 7.84. The number of nitrogens with two attached hydrogens (primary N) is 1. The summed E-state index contributed by atoms with van der Waals surface area (Å²) in [6, 6.07) is 8.06. The van der Waals surface area contributed by atoms with Crippen LogP contribution >= 0.6 is 0 Å². The summed E-state index contributed by atoms with van der Waals surface area (Å²) in [7, 11) is 0. The van der Waals surface area contributed by atoms with Crippen LogP contribution in [0, 0.1) is 0 Å². The lowest BCUT2D eigenvalue weighted by molar-refractivity contribution is 1.04. The largest absolute Gasteiger partial charge is 0.387 e. The maximum absolute atomic E-state index is 5.68. The third-order valence-electron chi connectivity index (χ3n) is 2.10. The van der Waals surface area contributed by atoms with E-state index in [-0.39, 0.29) is 0 Å². The van der Waals surface area contributed by atoms with Gasteiger partial charge in [0.05, 0.1) is 5.69 Å². The Balaban J connectivity index is 2.58. The summed E-state index contributed by atoms with van der Waals surface area (Å²) >= 11 is 0. The maximum atomic E-state index is 5.68. The summed E-state index contributed by atoms with van der Waals surface area (Å²) in [4.78, 5) is 4.23. The molecule has 0 saturated heterocycles. The molecule has 0 aliphatic carbocycles. The summed E-state index contributed by atoms with van der Waals surface area (Å²) in [5.74, 6) is 1.03. The molecule has 0 fully saturated rings. The van der Waals surface area contributed by atoms with E-state index in [1.165, 1.54) is 5.56 Å². The van der Waals surface area contributed by atoms with Crippen molar-refractivity contribution in [2.75, 3.05) is 0 Å². The minimum Gasteiger partial charge on any atom is -0.387 e. The fourth-order valence-corrected chi connectivity index (χ4v) is 1.35. The van der Waals surface area contributed by atoms with E-state index in [1.807, 2.05) is 18.2 Å². The second-order valence-electron chi connectivity index (χ2n) is 2.82. The molecule has 1 atom stereocenters. The summed E-state index contributed by atoms with van der Waals surface area (Å²) in [6.45, 7) is 2.07. The molecular weight excluding hydrogens is 136 g/mol. The summed E-state index contributed by atoms with van der Waals surface area (Å²) in [5, 5.41) is 0. The molecule has 1 heterocycles. The zero-order valence-corrected chi connectivity index (χ0v) is 6.41. The Kier molecular flexibility index (Phi) is 1.22. The van der Waals surface area contributed by atoms with E-state index in [2.05, 4.69) is 18.0 Å². The van der Waals surface area contributed by atoms with Gasteiger partial charge in [0.15, 0.2) is 0 Å². The van der Waals surface area contributed by atoms with E-state index < -0.39 is 0 Å². The Morgan fingerprint density at radius 2 is 2.09 bits per heavy atom. The Hall–Kier alpha value is -1.31. The second-order valence-corrected chi connectivity index (χ2v) is 2.82. The Morgan fingerprint density at radius 1 is 1.36 bits per heavy atom. The molecule has 2 N–H and O–H groups in total. The fourth-order valence-electron chi connectivity index (χ4n) is 1.35. The lowest BCUT2D eigenvalue weighted by atomic mass is 10.0. The molecular formula is C9H10N2. The normalized spacial score (nSPS) is 21.2. The fraction of sp³-hybridized carbons (Fsp3) is 0.222. The topological polar surface area (TPSA) is 38.4 Å². The molecule has 0 aromatic heterocycles. The SMILES string of the molecule is CC1C(N)=Nc2ccccc21. The average molecular weight is 146 g/mol. The van der Waals surface area contributed by atoms with E-state index in [0.717, 1.165) is 11.5 Å². The molecule has 0 amide bonds. The quantitative estimate of drug-likeness (QED) is 0.595. The Morgan fingerprint density at radius 3 is 2.82 bits per heavy atom. The molecule has 1 aromatic carbocycles. The van der Waals surface area contributed by atoms with E-state index in [0.29, 0.717) is 5.92 Å². The molecule has 0 bridgehead atoms. The van der Waals surface area contributed by atoms with Gasteiger partial charge in [-0.15, -0.1) is 0 Å². The van der Waals surface area contributed by atoms with Crippen molar-refractivity contribution in [1.29, 1.82) is 0 Å². The van der Waals surface area contributed by atoms with Gasteiger partial charge >= 0.3 is 0 Å². The van der Waals surface area contributed by atoms with Gasteiger partial charge in [-0.1, -0.05) is 25.1 Å². The molecule has 0 saturated carbocycles. The minimum atomic E-state index is 0.297. The number of nitrogens with zero attached hydrogens (tertiary/aromatic N) is 1. The van der Waals surface area contributed by atoms with Crippen molar-refractivity contribution in [3.63, 3.8) is 0 Å². The first-order chi connectivity index (χ1) is 5.29. The molecule has 11 heavy (non-hydrogen) atoms. The smallest absolute Gasteiger partial charge is 0.107 e. The average Bonchev–Trinajstić information content (AvgIpc) is 2.30. The van der Waals surface area contributed by atoms with Crippen molar-refractivity contribution in [3.05, 3.63) is 29.8 Å². The van der Waals surface area contributed by atoms with Gasteiger partial charge in [-0.3, -0.25) is 0 Å². The molecule has 1 aliphatic rings. The van der Waals surface area contributed by atoms with Crippen LogP contribution in [-0.2, 0) is 0 Å². The zero-order valence-electron chi connectivity index (χ0n) is 6.41. The van der Waals surface area contributed by atoms with Crippen molar-refractivity contribution in [3.8, 4) is 0 Å². The van der Waals surface area contributed by atoms with Gasteiger partial charge in [-0.2, -0.15) is 0 Å². The molecule has 0 spiro atoms. The Labute approximate surface area is 65.8 Å². The van der Waals surface area contributed by atoms with Crippen LogP contribution < -0.4 is 5.73 Å². The van der Waals surface area contributed by atoms with E-state index in [9.17, 15) is 0 Å². The number of para-hydroxylation sites is 1. The summed E-state index contributed by atoms with van der Waals surface area (Å²) in [5.41, 5.74) is 7.94. The molecule has 1 unspecified atom stereocenters. The highest BCUT2D eigenvalue weighted by atomic mass is 14.9. The molecule has 1 aliphatic heterocycles. The highest BCUT2D eigenvalue weighted by Gasteiger charge is 2.19. The molecule has 2 rings (SSSR count). The molecule has 2 nitrogen and oxygen atoms in total. The first-order valence-corrected chi connectivity index (χ1v) is 3.72. The van der Waals surface area contributed by atoms with Gasteiger partial charge in [-0.05, 0) is 11.6 Å². The third kappa shape index (κ3) is 0.827. The van der Waals surface area contributed by atoms with Crippen LogP contribution in [0.4, 0.5) is 5.69 Å². The van der Waals surface area contributed by atoms with Crippen LogP contribution in [0.25, 0.3) is 0 Å². The van der Waals surface area contributed by atoms with Crippen molar-refractivity contribution in [2.24, 2.45) is 10.7 Å². The molecule has 56 valence electrons. The number of aliphatic imine (C=N–C) groups is 1. The van der Waals surface area contributed by atoms with Crippen LogP contribution in [0.3, 0.4) is 0 Å². The number of amidine groups is 1. The summed E-state index contributed by atoms with van der Waals surface area (Å²) < 4.78 is 0. The maximum Gasteiger partial charge on any atom is 0.107 e. The number of rotatable bonds is 0. The van der Waals surface area contributed by atoms with Gasteiger partial charge in [0.2, 0.25) is 0 Å². The van der Waals surface area contributed by atoms with Crippen molar-refractivity contribution < 1.29 is 0 Å². The van der Waals surface area contributed by atoms with Crippen molar-refractivity contribution in [2.45, 2.75) is 12.8 Å². The number of fused-ring (bicyclic) bond motifs is 1. The van der Waals surface area contributed by atoms with Crippen LogP contribution in [0.2, 0.25) is 0 Å². The lowest BCUT2D eigenvalue weighted by Crippen LogP contribution is -2.14. The Bertz CT molecular complexity index is 315. The molecule has 2 heteroatoms. The van der Waals surface area contributed by atoms with Crippen LogP contribution in [0.5, 0.6) is 0 Å². The van der Waals surface area contributed by atoms with Gasteiger partial charge in [0, 0.05) is 5.92 Å². The van der Waals surface area contributed by atoms with E-state index in [1.54, 1.807) is 0 Å². The van der Waals surface area contributed by atoms with E-state index >= 15 is 0 Å². The molecule has 1 aromatic rings. The lowest BCUT2D eigenvalue weighted by Gasteiger charge is -2.02.